The van der Waals surface area contributed by atoms with Gasteiger partial charge < -0.3 is 5.32 Å². The molecule has 2 heteroatoms. The molecular weight excluding hydrogens is 270 g/mol. The summed E-state index contributed by atoms with van der Waals surface area (Å²) in [6.45, 7) is 4.54. The number of hydrogen-bond donors (Lipinski definition) is 1. The Kier molecular flexibility index (Phi) is 3.92. The maximum absolute atomic E-state index is 12.3. The number of rotatable bonds is 3. The minimum absolute atomic E-state index is 0.0225. The average Bonchev–Trinajstić information content (AvgIpc) is 2.52. The zero-order valence-electron chi connectivity index (χ0n) is 12.9. The van der Waals surface area contributed by atoms with Gasteiger partial charge in [0.1, 0.15) is 0 Å². The summed E-state index contributed by atoms with van der Waals surface area (Å²) in [4.78, 5) is 12.3. The van der Waals surface area contributed by atoms with Crippen molar-refractivity contribution in [3.05, 3.63) is 82.9 Å². The van der Waals surface area contributed by atoms with Gasteiger partial charge in [0.2, 0.25) is 0 Å². The average molecular weight is 289 g/mol. The van der Waals surface area contributed by atoms with Gasteiger partial charge in [0.25, 0.3) is 5.91 Å². The Hall–Kier alpha value is -2.61. The van der Waals surface area contributed by atoms with Crippen molar-refractivity contribution >= 4 is 16.7 Å². The van der Waals surface area contributed by atoms with E-state index in [4.69, 9.17) is 0 Å². The second-order valence-electron chi connectivity index (χ2n) is 5.68. The van der Waals surface area contributed by atoms with E-state index in [-0.39, 0.29) is 5.91 Å². The Morgan fingerprint density at radius 3 is 2.45 bits per heavy atom. The third-order valence-corrected chi connectivity index (χ3v) is 3.89. The maximum atomic E-state index is 12.3. The van der Waals surface area contributed by atoms with Crippen LogP contribution in [0.2, 0.25) is 0 Å². The molecule has 0 aliphatic rings. The highest BCUT2D eigenvalue weighted by Crippen LogP contribution is 2.16. The summed E-state index contributed by atoms with van der Waals surface area (Å²) in [5.74, 6) is -0.0225. The van der Waals surface area contributed by atoms with Crippen molar-refractivity contribution in [2.24, 2.45) is 0 Å². The molecule has 0 bridgehead atoms. The second kappa shape index (κ2) is 6.02. The summed E-state index contributed by atoms with van der Waals surface area (Å²) in [5, 5.41) is 5.41. The molecule has 3 rings (SSSR count). The molecule has 0 spiro atoms. The Balaban J connectivity index is 1.74. The van der Waals surface area contributed by atoms with Crippen molar-refractivity contribution in [2.45, 2.75) is 20.4 Å². The van der Waals surface area contributed by atoms with Crippen molar-refractivity contribution in [3.8, 4) is 0 Å². The number of hydrogen-bond acceptors (Lipinski definition) is 1. The van der Waals surface area contributed by atoms with E-state index >= 15 is 0 Å². The van der Waals surface area contributed by atoms with Crippen molar-refractivity contribution in [1.82, 2.24) is 5.32 Å². The first kappa shape index (κ1) is 14.3. The minimum Gasteiger partial charge on any atom is -0.348 e. The van der Waals surface area contributed by atoms with E-state index in [1.807, 2.05) is 44.2 Å². The molecule has 1 N–H and O–H groups in total. The molecule has 2 nitrogen and oxygen atoms in total. The summed E-state index contributed by atoms with van der Waals surface area (Å²) in [6.07, 6.45) is 0. The van der Waals surface area contributed by atoms with Gasteiger partial charge in [-0.25, -0.2) is 0 Å². The van der Waals surface area contributed by atoms with E-state index in [1.54, 1.807) is 0 Å². The van der Waals surface area contributed by atoms with Crippen LogP contribution in [-0.4, -0.2) is 5.91 Å². The van der Waals surface area contributed by atoms with Crippen LogP contribution in [0.3, 0.4) is 0 Å². The summed E-state index contributed by atoms with van der Waals surface area (Å²) in [6, 6.07) is 20.4. The van der Waals surface area contributed by atoms with E-state index in [0.29, 0.717) is 6.54 Å². The van der Waals surface area contributed by atoms with E-state index in [2.05, 4.69) is 35.6 Å². The number of amides is 1. The number of nitrogens with one attached hydrogen (secondary N) is 1. The Labute approximate surface area is 130 Å². The molecule has 0 aromatic heterocycles. The second-order valence-corrected chi connectivity index (χ2v) is 5.68. The summed E-state index contributed by atoms with van der Waals surface area (Å²) in [5.41, 5.74) is 4.03. The van der Waals surface area contributed by atoms with Crippen LogP contribution in [0.5, 0.6) is 0 Å². The van der Waals surface area contributed by atoms with Gasteiger partial charge in [-0.1, -0.05) is 54.1 Å². The molecule has 0 unspecified atom stereocenters. The minimum atomic E-state index is -0.0225. The number of fused-ring (bicyclic) bond motifs is 1. The van der Waals surface area contributed by atoms with Crippen LogP contribution in [0.15, 0.2) is 60.7 Å². The Bertz CT molecular complexity index is 836. The third kappa shape index (κ3) is 3.01. The Morgan fingerprint density at radius 1 is 0.909 bits per heavy atom. The van der Waals surface area contributed by atoms with Crippen LogP contribution in [0.4, 0.5) is 0 Å². The Morgan fingerprint density at radius 2 is 1.68 bits per heavy atom. The van der Waals surface area contributed by atoms with Gasteiger partial charge in [-0.2, -0.15) is 0 Å². The first-order valence-electron chi connectivity index (χ1n) is 7.46. The molecular formula is C20H19NO. The molecule has 22 heavy (non-hydrogen) atoms. The molecule has 0 atom stereocenters. The monoisotopic (exact) mass is 289 g/mol. The van der Waals surface area contributed by atoms with E-state index in [9.17, 15) is 4.79 Å². The zero-order chi connectivity index (χ0) is 15.5. The largest absolute Gasteiger partial charge is 0.348 e. The fourth-order valence-corrected chi connectivity index (χ4v) is 2.69. The normalized spacial score (nSPS) is 10.6. The van der Waals surface area contributed by atoms with Gasteiger partial charge >= 0.3 is 0 Å². The molecule has 0 heterocycles. The number of carbonyl (C=O) groups is 1. The van der Waals surface area contributed by atoms with Crippen molar-refractivity contribution in [2.75, 3.05) is 0 Å². The highest BCUT2D eigenvalue weighted by atomic mass is 16.1. The SMILES string of the molecule is Cc1ccc(C(=O)NCc2ccc3ccccc3c2)c(C)c1. The molecule has 0 aliphatic heterocycles. The summed E-state index contributed by atoms with van der Waals surface area (Å²) >= 11 is 0. The lowest BCUT2D eigenvalue weighted by Crippen LogP contribution is -2.23. The highest BCUT2D eigenvalue weighted by molar-refractivity contribution is 5.95. The fourth-order valence-electron chi connectivity index (χ4n) is 2.69. The van der Waals surface area contributed by atoms with E-state index < -0.39 is 0 Å². The van der Waals surface area contributed by atoms with Gasteiger partial charge in [-0.3, -0.25) is 4.79 Å². The molecule has 110 valence electrons. The molecule has 0 aliphatic carbocycles. The maximum Gasteiger partial charge on any atom is 0.251 e. The molecule has 3 aromatic rings. The zero-order valence-corrected chi connectivity index (χ0v) is 12.9. The lowest BCUT2D eigenvalue weighted by molar-refractivity contribution is 0.0950. The predicted molar refractivity (Wildman–Crippen MR) is 91.0 cm³/mol. The van der Waals surface area contributed by atoms with E-state index in [0.717, 1.165) is 16.7 Å². The summed E-state index contributed by atoms with van der Waals surface area (Å²) < 4.78 is 0. The number of carbonyl (C=O) groups excluding carboxylic acids is 1. The third-order valence-electron chi connectivity index (χ3n) is 3.89. The quantitative estimate of drug-likeness (QED) is 0.761. The lowest BCUT2D eigenvalue weighted by atomic mass is 10.0. The van der Waals surface area contributed by atoms with Crippen LogP contribution >= 0.6 is 0 Å². The fraction of sp³-hybridized carbons (Fsp3) is 0.150. The van der Waals surface area contributed by atoms with Crippen molar-refractivity contribution in [3.63, 3.8) is 0 Å². The summed E-state index contributed by atoms with van der Waals surface area (Å²) in [7, 11) is 0. The van der Waals surface area contributed by atoms with Crippen molar-refractivity contribution < 1.29 is 4.79 Å². The highest BCUT2D eigenvalue weighted by Gasteiger charge is 2.08. The molecule has 0 fully saturated rings. The van der Waals surface area contributed by atoms with Crippen LogP contribution in [0.1, 0.15) is 27.0 Å². The van der Waals surface area contributed by atoms with Crippen LogP contribution < -0.4 is 5.32 Å². The molecule has 1 amide bonds. The van der Waals surface area contributed by atoms with Gasteiger partial charge in [-0.15, -0.1) is 0 Å². The predicted octanol–water partition coefficient (Wildman–Crippen LogP) is 4.39. The van der Waals surface area contributed by atoms with Crippen molar-refractivity contribution in [1.29, 1.82) is 0 Å². The van der Waals surface area contributed by atoms with E-state index in [1.165, 1.54) is 16.3 Å². The van der Waals surface area contributed by atoms with Gasteiger partial charge in [-0.05, 0) is 47.9 Å². The smallest absolute Gasteiger partial charge is 0.251 e. The topological polar surface area (TPSA) is 29.1 Å². The standard InChI is InChI=1S/C20H19NO/c1-14-7-10-19(15(2)11-14)20(22)21-13-16-8-9-17-5-3-4-6-18(17)12-16/h3-12H,13H2,1-2H3,(H,21,22). The first-order valence-corrected chi connectivity index (χ1v) is 7.46. The molecule has 0 saturated heterocycles. The molecule has 3 aromatic carbocycles. The molecule has 0 radical (unpaired) electrons. The van der Waals surface area contributed by atoms with Gasteiger partial charge in [0.05, 0.1) is 0 Å². The lowest BCUT2D eigenvalue weighted by Gasteiger charge is -2.09. The van der Waals surface area contributed by atoms with Gasteiger partial charge in [0, 0.05) is 12.1 Å². The van der Waals surface area contributed by atoms with Crippen LogP contribution in [0, 0.1) is 13.8 Å². The van der Waals surface area contributed by atoms with Crippen LogP contribution in [0.25, 0.3) is 10.8 Å². The number of benzene rings is 3. The number of aryl methyl sites for hydroxylation is 2. The molecule has 0 saturated carbocycles. The van der Waals surface area contributed by atoms with Gasteiger partial charge in [0.15, 0.2) is 0 Å². The first-order chi connectivity index (χ1) is 10.6. The van der Waals surface area contributed by atoms with Crippen LogP contribution in [-0.2, 0) is 6.54 Å².